The van der Waals surface area contributed by atoms with E-state index in [1.165, 1.54) is 27.1 Å². The minimum Gasteiger partial charge on any atom is -0.279 e. The van der Waals surface area contributed by atoms with Crippen LogP contribution in [0.3, 0.4) is 0 Å². The predicted molar refractivity (Wildman–Crippen MR) is 95.3 cm³/mol. The molecule has 1 aliphatic rings. The third-order valence-corrected chi connectivity index (χ3v) is 4.76. The summed E-state index contributed by atoms with van der Waals surface area (Å²) in [4.78, 5) is 6.23. The topological polar surface area (TPSA) is 12.4 Å². The fourth-order valence-corrected chi connectivity index (χ4v) is 3.58. The zero-order chi connectivity index (χ0) is 14.8. The average Bonchev–Trinajstić information content (AvgIpc) is 2.95. The van der Waals surface area contributed by atoms with Crippen molar-refractivity contribution in [3.05, 3.63) is 93.7 Å². The van der Waals surface area contributed by atoms with Crippen LogP contribution in [0.25, 0.3) is 11.6 Å². The number of hydrogen-bond donors (Lipinski definition) is 0. The molecule has 22 heavy (non-hydrogen) atoms. The van der Waals surface area contributed by atoms with E-state index in [1.807, 2.05) is 6.07 Å². The van der Waals surface area contributed by atoms with Crippen molar-refractivity contribution in [1.29, 1.82) is 0 Å². The molecule has 0 amide bonds. The van der Waals surface area contributed by atoms with Crippen LogP contribution in [-0.4, -0.2) is 5.71 Å². The first-order valence-electron chi connectivity index (χ1n) is 7.35. The molecule has 4 rings (SSSR count). The lowest BCUT2D eigenvalue weighted by atomic mass is 9.95. The second-order valence-electron chi connectivity index (χ2n) is 5.26. The molecule has 0 fully saturated rings. The van der Waals surface area contributed by atoms with Crippen LogP contribution >= 0.6 is 11.3 Å². The van der Waals surface area contributed by atoms with Crippen LogP contribution in [-0.2, 0) is 6.54 Å². The van der Waals surface area contributed by atoms with Crippen LogP contribution in [0.15, 0.2) is 77.1 Å². The van der Waals surface area contributed by atoms with Crippen molar-refractivity contribution in [3.8, 4) is 0 Å². The van der Waals surface area contributed by atoms with E-state index >= 15 is 0 Å². The highest BCUT2D eigenvalue weighted by Gasteiger charge is 2.16. The van der Waals surface area contributed by atoms with Gasteiger partial charge in [0.25, 0.3) is 0 Å². The Balaban J connectivity index is 1.91. The van der Waals surface area contributed by atoms with Crippen molar-refractivity contribution in [2.75, 3.05) is 0 Å². The largest absolute Gasteiger partial charge is 0.279 e. The van der Waals surface area contributed by atoms with Gasteiger partial charge in [0.15, 0.2) is 0 Å². The van der Waals surface area contributed by atoms with Gasteiger partial charge in [-0.05, 0) is 28.6 Å². The quantitative estimate of drug-likeness (QED) is 0.609. The van der Waals surface area contributed by atoms with E-state index in [-0.39, 0.29) is 0 Å². The van der Waals surface area contributed by atoms with E-state index in [0.29, 0.717) is 0 Å². The van der Waals surface area contributed by atoms with Gasteiger partial charge >= 0.3 is 0 Å². The molecular formula is C20H15NS. The molecule has 1 nitrogen and oxygen atoms in total. The third-order valence-electron chi connectivity index (χ3n) is 3.85. The Kier molecular flexibility index (Phi) is 3.45. The van der Waals surface area contributed by atoms with Crippen LogP contribution in [0.5, 0.6) is 0 Å². The number of rotatable bonds is 2. The van der Waals surface area contributed by atoms with Crippen molar-refractivity contribution < 1.29 is 0 Å². The average molecular weight is 301 g/mol. The maximum atomic E-state index is 4.92. The molecule has 0 aliphatic carbocycles. The molecule has 106 valence electrons. The molecule has 1 aromatic heterocycles. The van der Waals surface area contributed by atoms with Gasteiger partial charge < -0.3 is 0 Å². The Morgan fingerprint density at radius 3 is 2.18 bits per heavy atom. The smallest absolute Gasteiger partial charge is 0.0729 e. The normalized spacial score (nSPS) is 13.8. The maximum absolute atomic E-state index is 4.92. The number of allylic oxidation sites excluding steroid dienone is 1. The lowest BCUT2D eigenvalue weighted by Gasteiger charge is -2.11. The fraction of sp³-hybridized carbons (Fsp3) is 0.0500. The van der Waals surface area contributed by atoms with E-state index in [4.69, 9.17) is 4.99 Å². The van der Waals surface area contributed by atoms with Gasteiger partial charge in [0.1, 0.15) is 0 Å². The van der Waals surface area contributed by atoms with Crippen molar-refractivity contribution in [3.63, 3.8) is 0 Å². The molecule has 0 atom stereocenters. The molecule has 0 saturated heterocycles. The van der Waals surface area contributed by atoms with Gasteiger partial charge in [-0.1, -0.05) is 60.7 Å². The summed E-state index contributed by atoms with van der Waals surface area (Å²) in [6.07, 6.45) is 2.29. The summed E-state index contributed by atoms with van der Waals surface area (Å²) >= 11 is 1.78. The maximum Gasteiger partial charge on any atom is 0.0729 e. The van der Waals surface area contributed by atoms with E-state index < -0.39 is 0 Å². The molecule has 0 saturated carbocycles. The Labute approximate surface area is 134 Å². The van der Waals surface area contributed by atoms with Crippen LogP contribution < -0.4 is 0 Å². The molecule has 3 aromatic rings. The standard InChI is InChI=1S/C20H15NS/c1-3-7-15(8-4-1)18-13-19-17(11-12-22-19)14-21-20(18)16-9-5-2-6-10-16/h1-13H,14H2. The Hall–Kier alpha value is -2.45. The summed E-state index contributed by atoms with van der Waals surface area (Å²) in [7, 11) is 0. The number of thiophene rings is 1. The Bertz CT molecular complexity index is 842. The summed E-state index contributed by atoms with van der Waals surface area (Å²) in [5.41, 5.74) is 5.98. The summed E-state index contributed by atoms with van der Waals surface area (Å²) in [5, 5.41) is 2.15. The summed E-state index contributed by atoms with van der Waals surface area (Å²) in [6.45, 7) is 0.746. The van der Waals surface area contributed by atoms with Gasteiger partial charge in [-0.3, -0.25) is 4.99 Å². The van der Waals surface area contributed by atoms with Crippen LogP contribution in [0.1, 0.15) is 21.6 Å². The fourth-order valence-electron chi connectivity index (χ4n) is 2.73. The lowest BCUT2D eigenvalue weighted by molar-refractivity contribution is 1.08. The summed E-state index contributed by atoms with van der Waals surface area (Å²) in [6, 6.07) is 23.2. The van der Waals surface area contributed by atoms with Gasteiger partial charge in [0.2, 0.25) is 0 Å². The first-order valence-corrected chi connectivity index (χ1v) is 8.23. The van der Waals surface area contributed by atoms with E-state index in [2.05, 4.69) is 72.1 Å². The summed E-state index contributed by atoms with van der Waals surface area (Å²) in [5.74, 6) is 0. The highest BCUT2D eigenvalue weighted by atomic mass is 32.1. The minimum absolute atomic E-state index is 0.746. The lowest BCUT2D eigenvalue weighted by Crippen LogP contribution is -2.04. The predicted octanol–water partition coefficient (Wildman–Crippen LogP) is 5.29. The molecule has 0 radical (unpaired) electrons. The number of aliphatic imine (C=N–C) groups is 1. The first-order chi connectivity index (χ1) is 10.9. The molecular weight excluding hydrogens is 286 g/mol. The van der Waals surface area contributed by atoms with E-state index in [9.17, 15) is 0 Å². The minimum atomic E-state index is 0.746. The first kappa shape index (κ1) is 13.2. The number of benzene rings is 2. The summed E-state index contributed by atoms with van der Waals surface area (Å²) < 4.78 is 0. The molecule has 0 bridgehead atoms. The second kappa shape index (κ2) is 5.74. The molecule has 0 unspecified atom stereocenters. The highest BCUT2D eigenvalue weighted by Crippen LogP contribution is 2.31. The van der Waals surface area contributed by atoms with E-state index in [0.717, 1.165) is 12.3 Å². The van der Waals surface area contributed by atoms with Gasteiger partial charge in [-0.15, -0.1) is 11.3 Å². The van der Waals surface area contributed by atoms with Crippen LogP contribution in [0.2, 0.25) is 0 Å². The zero-order valence-corrected chi connectivity index (χ0v) is 12.9. The van der Waals surface area contributed by atoms with Crippen molar-refractivity contribution >= 4 is 28.7 Å². The van der Waals surface area contributed by atoms with Crippen molar-refractivity contribution in [1.82, 2.24) is 0 Å². The second-order valence-corrected chi connectivity index (χ2v) is 6.21. The van der Waals surface area contributed by atoms with Crippen LogP contribution in [0.4, 0.5) is 0 Å². The molecule has 0 spiro atoms. The van der Waals surface area contributed by atoms with Gasteiger partial charge in [0, 0.05) is 16.0 Å². The number of fused-ring (bicyclic) bond motifs is 1. The third kappa shape index (κ3) is 2.42. The number of nitrogens with zero attached hydrogens (tertiary/aromatic N) is 1. The molecule has 0 N–H and O–H groups in total. The number of hydrogen-bond acceptors (Lipinski definition) is 2. The van der Waals surface area contributed by atoms with Gasteiger partial charge in [-0.25, -0.2) is 0 Å². The van der Waals surface area contributed by atoms with Crippen molar-refractivity contribution in [2.24, 2.45) is 4.99 Å². The monoisotopic (exact) mass is 301 g/mol. The molecule has 2 heterocycles. The zero-order valence-electron chi connectivity index (χ0n) is 12.1. The molecule has 2 aromatic carbocycles. The van der Waals surface area contributed by atoms with Crippen LogP contribution in [0, 0.1) is 0 Å². The molecule has 2 heteroatoms. The Morgan fingerprint density at radius 2 is 1.45 bits per heavy atom. The van der Waals surface area contributed by atoms with Gasteiger partial charge in [-0.2, -0.15) is 0 Å². The van der Waals surface area contributed by atoms with E-state index in [1.54, 1.807) is 11.3 Å². The SMILES string of the molecule is C1=C(c2ccccc2)C(c2ccccc2)=NCc2ccsc21. The highest BCUT2D eigenvalue weighted by molar-refractivity contribution is 7.11. The Morgan fingerprint density at radius 1 is 0.773 bits per heavy atom. The van der Waals surface area contributed by atoms with Crippen molar-refractivity contribution in [2.45, 2.75) is 6.54 Å². The van der Waals surface area contributed by atoms with Gasteiger partial charge in [0.05, 0.1) is 12.3 Å². The molecule has 1 aliphatic heterocycles.